The molecule has 0 aliphatic heterocycles. The van der Waals surface area contributed by atoms with Crippen LogP contribution in [0.15, 0.2) is 67.3 Å². The normalized spacial score (nSPS) is 10.3. The minimum absolute atomic E-state index is 0.768. The van der Waals surface area contributed by atoms with E-state index in [-0.39, 0.29) is 0 Å². The van der Waals surface area contributed by atoms with Crippen LogP contribution >= 0.6 is 0 Å². The highest BCUT2D eigenvalue weighted by molar-refractivity contribution is 5.81. The van der Waals surface area contributed by atoms with Gasteiger partial charge in [-0.3, -0.25) is 9.97 Å². The van der Waals surface area contributed by atoms with Gasteiger partial charge in [0.05, 0.1) is 0 Å². The summed E-state index contributed by atoms with van der Waals surface area (Å²) >= 11 is 0. The lowest BCUT2D eigenvalue weighted by atomic mass is 9.99. The third kappa shape index (κ3) is 2.31. The summed E-state index contributed by atoms with van der Waals surface area (Å²) in [4.78, 5) is 8.07. The van der Waals surface area contributed by atoms with E-state index in [2.05, 4.69) is 16.0 Å². The molecule has 0 bridgehead atoms. The highest BCUT2D eigenvalue weighted by Gasteiger charge is 2.05. The molecule has 2 N–H and O–H groups in total. The van der Waals surface area contributed by atoms with Gasteiger partial charge in [0.2, 0.25) is 0 Å². The highest BCUT2D eigenvalue weighted by atomic mass is 14.6. The smallest absolute Gasteiger partial charge is 0.0394 e. The van der Waals surface area contributed by atoms with E-state index in [0.29, 0.717) is 0 Å². The summed E-state index contributed by atoms with van der Waals surface area (Å²) in [6.07, 6.45) is 7.12. The van der Waals surface area contributed by atoms with Gasteiger partial charge in [-0.25, -0.2) is 0 Å². The summed E-state index contributed by atoms with van der Waals surface area (Å²) in [6, 6.07) is 14.0. The van der Waals surface area contributed by atoms with E-state index in [9.17, 15) is 0 Å². The minimum Gasteiger partial charge on any atom is -0.398 e. The van der Waals surface area contributed by atoms with Crippen LogP contribution in [0.25, 0.3) is 22.3 Å². The fourth-order valence-electron chi connectivity index (χ4n) is 2.06. The van der Waals surface area contributed by atoms with Crippen molar-refractivity contribution < 1.29 is 0 Å². The Bertz CT molecular complexity index is 679. The number of hydrogen-bond donors (Lipinski definition) is 1. The molecule has 0 unspecified atom stereocenters. The van der Waals surface area contributed by atoms with Gasteiger partial charge in [-0.2, -0.15) is 0 Å². The molecule has 3 rings (SSSR count). The topological polar surface area (TPSA) is 51.8 Å². The number of nitrogens with zero attached hydrogens (tertiary/aromatic N) is 2. The number of pyridine rings is 2. The Morgan fingerprint density at radius 2 is 1.21 bits per heavy atom. The second kappa shape index (κ2) is 4.90. The second-order valence-electron chi connectivity index (χ2n) is 4.27. The third-order valence-corrected chi connectivity index (χ3v) is 3.06. The molecule has 0 saturated heterocycles. The Hall–Kier alpha value is -2.68. The number of rotatable bonds is 2. The first-order valence-electron chi connectivity index (χ1n) is 6.05. The predicted octanol–water partition coefficient (Wildman–Crippen LogP) is 3.39. The van der Waals surface area contributed by atoms with Crippen molar-refractivity contribution in [3.8, 4) is 22.3 Å². The van der Waals surface area contributed by atoms with E-state index in [1.807, 2.05) is 36.4 Å². The molecule has 0 atom stereocenters. The van der Waals surface area contributed by atoms with E-state index in [4.69, 9.17) is 5.73 Å². The zero-order valence-corrected chi connectivity index (χ0v) is 10.3. The maximum absolute atomic E-state index is 6.07. The summed E-state index contributed by atoms with van der Waals surface area (Å²) in [5, 5.41) is 0. The number of nitrogens with two attached hydrogens (primary N) is 1. The quantitative estimate of drug-likeness (QED) is 0.706. The van der Waals surface area contributed by atoms with Crippen molar-refractivity contribution in [1.82, 2.24) is 9.97 Å². The molecule has 0 fully saturated rings. The van der Waals surface area contributed by atoms with Crippen LogP contribution in [-0.4, -0.2) is 9.97 Å². The van der Waals surface area contributed by atoms with Crippen LogP contribution in [-0.2, 0) is 0 Å². The maximum Gasteiger partial charge on any atom is 0.0394 e. The Morgan fingerprint density at radius 3 is 1.84 bits per heavy atom. The van der Waals surface area contributed by atoms with Crippen molar-refractivity contribution in [1.29, 1.82) is 0 Å². The fourth-order valence-corrected chi connectivity index (χ4v) is 2.06. The molecule has 1 aromatic carbocycles. The summed E-state index contributed by atoms with van der Waals surface area (Å²) < 4.78 is 0. The van der Waals surface area contributed by atoms with E-state index >= 15 is 0 Å². The Morgan fingerprint density at radius 1 is 0.632 bits per heavy atom. The van der Waals surface area contributed by atoms with Crippen molar-refractivity contribution in [3.63, 3.8) is 0 Å². The third-order valence-electron chi connectivity index (χ3n) is 3.06. The Kier molecular flexibility index (Phi) is 2.94. The molecule has 3 nitrogen and oxygen atoms in total. The van der Waals surface area contributed by atoms with Crippen LogP contribution in [0.4, 0.5) is 5.69 Å². The number of hydrogen-bond acceptors (Lipinski definition) is 3. The van der Waals surface area contributed by atoms with Gasteiger partial charge in [0.25, 0.3) is 0 Å². The van der Waals surface area contributed by atoms with Crippen LogP contribution in [0.1, 0.15) is 0 Å². The van der Waals surface area contributed by atoms with Gasteiger partial charge in [0.15, 0.2) is 0 Å². The lowest BCUT2D eigenvalue weighted by Crippen LogP contribution is -1.91. The molecule has 0 aliphatic carbocycles. The molecule has 3 aromatic rings. The number of aromatic nitrogens is 2. The molecule has 0 spiro atoms. The molecule has 19 heavy (non-hydrogen) atoms. The molecule has 0 saturated carbocycles. The fraction of sp³-hybridized carbons (Fsp3) is 0. The lowest BCUT2D eigenvalue weighted by molar-refractivity contribution is 1.33. The van der Waals surface area contributed by atoms with Crippen LogP contribution in [0.5, 0.6) is 0 Å². The van der Waals surface area contributed by atoms with Crippen LogP contribution in [0.2, 0.25) is 0 Å². The molecule has 0 radical (unpaired) electrons. The lowest BCUT2D eigenvalue weighted by Gasteiger charge is -2.09. The zero-order chi connectivity index (χ0) is 13.1. The Labute approximate surface area is 111 Å². The van der Waals surface area contributed by atoms with Gasteiger partial charge >= 0.3 is 0 Å². The van der Waals surface area contributed by atoms with E-state index < -0.39 is 0 Å². The van der Waals surface area contributed by atoms with E-state index in [1.165, 1.54) is 0 Å². The first kappa shape index (κ1) is 11.4. The van der Waals surface area contributed by atoms with E-state index in [1.54, 1.807) is 24.8 Å². The molecule has 92 valence electrons. The van der Waals surface area contributed by atoms with Crippen LogP contribution in [0, 0.1) is 0 Å². The number of nitrogen functional groups attached to an aromatic ring is 1. The first-order valence-corrected chi connectivity index (χ1v) is 6.05. The molecule has 3 heteroatoms. The maximum atomic E-state index is 6.07. The van der Waals surface area contributed by atoms with Gasteiger partial charge in [-0.05, 0) is 53.1 Å². The largest absolute Gasteiger partial charge is 0.398 e. The molecule has 0 amide bonds. The van der Waals surface area contributed by atoms with Crippen molar-refractivity contribution in [2.24, 2.45) is 0 Å². The standard InChI is InChI=1S/C16H13N3/c17-16-2-1-14(12-3-7-18-8-4-12)11-15(16)13-5-9-19-10-6-13/h1-11H,17H2. The molecular formula is C16H13N3. The SMILES string of the molecule is Nc1ccc(-c2ccncc2)cc1-c1ccncc1. The average molecular weight is 247 g/mol. The highest BCUT2D eigenvalue weighted by Crippen LogP contribution is 2.30. The molecule has 2 heterocycles. The zero-order valence-electron chi connectivity index (χ0n) is 10.3. The number of anilines is 1. The van der Waals surface area contributed by atoms with Crippen molar-refractivity contribution in [2.45, 2.75) is 0 Å². The van der Waals surface area contributed by atoms with Crippen LogP contribution < -0.4 is 5.73 Å². The van der Waals surface area contributed by atoms with Crippen molar-refractivity contribution >= 4 is 5.69 Å². The number of benzene rings is 1. The molecule has 2 aromatic heterocycles. The van der Waals surface area contributed by atoms with Gasteiger partial charge in [0, 0.05) is 36.0 Å². The second-order valence-corrected chi connectivity index (χ2v) is 4.27. The van der Waals surface area contributed by atoms with Gasteiger partial charge in [0.1, 0.15) is 0 Å². The summed E-state index contributed by atoms with van der Waals surface area (Å²) in [7, 11) is 0. The predicted molar refractivity (Wildman–Crippen MR) is 77.3 cm³/mol. The average Bonchev–Trinajstić information content (AvgIpc) is 2.49. The Balaban J connectivity index is 2.12. The summed E-state index contributed by atoms with van der Waals surface area (Å²) in [6.45, 7) is 0. The van der Waals surface area contributed by atoms with E-state index in [0.717, 1.165) is 27.9 Å². The molecule has 0 aliphatic rings. The first-order chi connectivity index (χ1) is 9.34. The van der Waals surface area contributed by atoms with Crippen molar-refractivity contribution in [3.05, 3.63) is 67.3 Å². The monoisotopic (exact) mass is 247 g/mol. The summed E-state index contributed by atoms with van der Waals surface area (Å²) in [5.74, 6) is 0. The van der Waals surface area contributed by atoms with Crippen molar-refractivity contribution in [2.75, 3.05) is 5.73 Å². The van der Waals surface area contributed by atoms with Gasteiger partial charge < -0.3 is 5.73 Å². The van der Waals surface area contributed by atoms with Gasteiger partial charge in [-0.1, -0.05) is 6.07 Å². The minimum atomic E-state index is 0.768. The summed E-state index contributed by atoms with van der Waals surface area (Å²) in [5.41, 5.74) is 11.2. The van der Waals surface area contributed by atoms with Gasteiger partial charge in [-0.15, -0.1) is 0 Å². The van der Waals surface area contributed by atoms with Crippen LogP contribution in [0.3, 0.4) is 0 Å². The molecular weight excluding hydrogens is 234 g/mol.